The van der Waals surface area contributed by atoms with E-state index in [1.807, 2.05) is 0 Å². The van der Waals surface area contributed by atoms with Crippen LogP contribution in [0.5, 0.6) is 0 Å². The zero-order valence-electron chi connectivity index (χ0n) is 16.4. The highest BCUT2D eigenvalue weighted by Crippen LogP contribution is 2.15. The average Bonchev–Trinajstić information content (AvgIpc) is 2.55. The molecule has 25 heavy (non-hydrogen) atoms. The van der Waals surface area contributed by atoms with Gasteiger partial charge in [-0.3, -0.25) is 4.79 Å². The molecule has 0 amide bonds. The first-order valence-electron chi connectivity index (χ1n) is 9.79. The predicted molar refractivity (Wildman–Crippen MR) is 110 cm³/mol. The van der Waals surface area contributed by atoms with Crippen LogP contribution in [0.2, 0.25) is 26.2 Å². The minimum Gasteiger partial charge on any atom is -0.515 e. The topological polar surface area (TPSA) is 35.5 Å². The maximum atomic E-state index is 12.4. The van der Waals surface area contributed by atoms with Crippen LogP contribution in [0, 0.1) is 0 Å². The second-order valence-corrected chi connectivity index (χ2v) is 15.7. The summed E-state index contributed by atoms with van der Waals surface area (Å²) in [7, 11) is -4.29. The lowest BCUT2D eigenvalue weighted by Gasteiger charge is -2.31. The second-order valence-electron chi connectivity index (χ2n) is 8.11. The normalized spacial score (nSPS) is 22.6. The fourth-order valence-corrected chi connectivity index (χ4v) is 9.44. The molecule has 2 rings (SSSR count). The van der Waals surface area contributed by atoms with Crippen molar-refractivity contribution in [2.24, 2.45) is 0 Å². The van der Waals surface area contributed by atoms with Crippen LogP contribution in [0.3, 0.4) is 0 Å². The molecule has 0 N–H and O–H groups in total. The summed E-state index contributed by atoms with van der Waals surface area (Å²) in [5, 5.41) is 2.53. The number of carbonyl (C=O) groups excluding carboxylic acids is 1. The van der Waals surface area contributed by atoms with E-state index in [1.54, 1.807) is 0 Å². The van der Waals surface area contributed by atoms with E-state index in [2.05, 4.69) is 50.5 Å². The van der Waals surface area contributed by atoms with Gasteiger partial charge in [-0.05, 0) is 49.4 Å². The van der Waals surface area contributed by atoms with Crippen molar-refractivity contribution in [2.45, 2.75) is 77.6 Å². The van der Waals surface area contributed by atoms with Gasteiger partial charge in [0.05, 0.1) is 0 Å². The lowest BCUT2D eigenvalue weighted by Crippen LogP contribution is -2.61. The zero-order valence-corrected chi connectivity index (χ0v) is 18.4. The smallest absolute Gasteiger partial charge is 0.292 e. The molecule has 0 spiro atoms. The summed E-state index contributed by atoms with van der Waals surface area (Å²) in [6, 6.07) is 8.48. The number of carbonyl (C=O) groups is 1. The molecule has 140 valence electrons. The van der Waals surface area contributed by atoms with Crippen LogP contribution in [0.1, 0.15) is 51.4 Å². The van der Waals surface area contributed by atoms with Gasteiger partial charge in [0.25, 0.3) is 14.3 Å². The zero-order chi connectivity index (χ0) is 18.3. The summed E-state index contributed by atoms with van der Waals surface area (Å²) < 4.78 is 12.4. The first-order chi connectivity index (χ1) is 11.8. The minimum atomic E-state index is -2.29. The van der Waals surface area contributed by atoms with Gasteiger partial charge < -0.3 is 8.85 Å². The van der Waals surface area contributed by atoms with Crippen molar-refractivity contribution in [3.8, 4) is 0 Å². The molecule has 1 aliphatic rings. The molecule has 0 saturated carbocycles. The molecule has 0 bridgehead atoms. The van der Waals surface area contributed by atoms with Crippen LogP contribution >= 0.6 is 0 Å². The molecule has 5 heteroatoms. The Morgan fingerprint density at radius 1 is 0.760 bits per heavy atom. The van der Waals surface area contributed by atoms with E-state index in [0.717, 1.165) is 25.9 Å². The number of hydrogen-bond donors (Lipinski definition) is 0. The molecule has 0 saturated heterocycles. The summed E-state index contributed by atoms with van der Waals surface area (Å²) >= 11 is 0. The summed E-state index contributed by atoms with van der Waals surface area (Å²) in [5.74, 6) is -0.0287. The Bertz CT molecular complexity index is 570. The average molecular weight is 379 g/mol. The van der Waals surface area contributed by atoms with Gasteiger partial charge in [-0.1, -0.05) is 56.4 Å². The van der Waals surface area contributed by atoms with E-state index in [1.165, 1.54) is 36.1 Å². The van der Waals surface area contributed by atoms with Gasteiger partial charge >= 0.3 is 0 Å². The maximum absolute atomic E-state index is 12.4. The molecule has 0 fully saturated rings. The highest BCUT2D eigenvalue weighted by Gasteiger charge is 2.37. The molecule has 0 atom stereocenters. The Hall–Kier alpha value is -0.916. The molecule has 1 aromatic carbocycles. The fourth-order valence-electron chi connectivity index (χ4n) is 3.58. The van der Waals surface area contributed by atoms with Crippen LogP contribution in [-0.2, 0) is 13.6 Å². The summed E-state index contributed by atoms with van der Waals surface area (Å²) in [4.78, 5) is 12.4. The summed E-state index contributed by atoms with van der Waals surface area (Å²) in [5.41, 5.74) is 0. The molecular formula is C20H34O3Si2. The van der Waals surface area contributed by atoms with Crippen molar-refractivity contribution in [1.82, 2.24) is 0 Å². The van der Waals surface area contributed by atoms with Crippen LogP contribution in [-0.4, -0.2) is 29.2 Å². The van der Waals surface area contributed by atoms with E-state index in [-0.39, 0.29) is 5.97 Å². The fraction of sp³-hybridized carbons (Fsp3) is 0.650. The monoisotopic (exact) mass is 378 g/mol. The second kappa shape index (κ2) is 9.15. The summed E-state index contributed by atoms with van der Waals surface area (Å²) in [6.07, 6.45) is 8.78. The number of fused-ring (bicyclic) bond motifs is 1. The number of benzene rings is 1. The first kappa shape index (κ1) is 20.4. The van der Waals surface area contributed by atoms with Crippen molar-refractivity contribution in [2.75, 3.05) is 6.61 Å². The quantitative estimate of drug-likeness (QED) is 0.635. The van der Waals surface area contributed by atoms with Gasteiger partial charge in [-0.15, -0.1) is 0 Å². The SMILES string of the molecule is C[Si]1(C)OCCCCCCCCCC(=O)O[Si](C)(C)c2ccccc21. The molecule has 0 radical (unpaired) electrons. The molecule has 1 heterocycles. The molecular weight excluding hydrogens is 344 g/mol. The lowest BCUT2D eigenvalue weighted by molar-refractivity contribution is -0.135. The van der Waals surface area contributed by atoms with E-state index < -0.39 is 16.6 Å². The van der Waals surface area contributed by atoms with Crippen LogP contribution < -0.4 is 10.4 Å². The van der Waals surface area contributed by atoms with E-state index >= 15 is 0 Å². The largest absolute Gasteiger partial charge is 0.515 e. The third-order valence-corrected chi connectivity index (χ3v) is 10.5. The van der Waals surface area contributed by atoms with Gasteiger partial charge in [-0.25, -0.2) is 0 Å². The number of rotatable bonds is 0. The third-order valence-electron chi connectivity index (χ3n) is 5.08. The van der Waals surface area contributed by atoms with Crippen LogP contribution in [0.4, 0.5) is 0 Å². The van der Waals surface area contributed by atoms with Crippen molar-refractivity contribution < 1.29 is 13.6 Å². The van der Waals surface area contributed by atoms with E-state index in [0.29, 0.717) is 6.42 Å². The van der Waals surface area contributed by atoms with Crippen molar-refractivity contribution in [1.29, 1.82) is 0 Å². The Labute approximate surface area is 155 Å². The van der Waals surface area contributed by atoms with E-state index in [4.69, 9.17) is 8.85 Å². The van der Waals surface area contributed by atoms with Crippen molar-refractivity contribution in [3.63, 3.8) is 0 Å². The highest BCUT2D eigenvalue weighted by atomic mass is 28.4. The van der Waals surface area contributed by atoms with Gasteiger partial charge in [0.15, 0.2) is 0 Å². The van der Waals surface area contributed by atoms with Gasteiger partial charge in [0.2, 0.25) is 8.32 Å². The molecule has 0 aliphatic carbocycles. The number of hydrogen-bond acceptors (Lipinski definition) is 3. The van der Waals surface area contributed by atoms with Gasteiger partial charge in [0, 0.05) is 13.0 Å². The molecule has 1 aliphatic heterocycles. The maximum Gasteiger partial charge on any atom is 0.292 e. The summed E-state index contributed by atoms with van der Waals surface area (Å²) in [6.45, 7) is 9.65. The van der Waals surface area contributed by atoms with Crippen molar-refractivity contribution in [3.05, 3.63) is 24.3 Å². The molecule has 3 nitrogen and oxygen atoms in total. The Balaban J connectivity index is 2.26. The Kier molecular flexibility index (Phi) is 7.46. The minimum absolute atomic E-state index is 0.0287. The molecule has 0 unspecified atom stereocenters. The van der Waals surface area contributed by atoms with Crippen LogP contribution in [0.25, 0.3) is 0 Å². The van der Waals surface area contributed by atoms with Gasteiger partial charge in [0.1, 0.15) is 0 Å². The standard InChI is InChI=1S/C20H34O3Si2/c1-24(2)18-14-11-12-15-19(18)25(3,4)23-20(21)16-10-8-6-5-7-9-13-17-22-24/h11-12,14-15H,5-10,13,16-17H2,1-4H3. The Morgan fingerprint density at radius 3 is 1.92 bits per heavy atom. The van der Waals surface area contributed by atoms with Gasteiger partial charge in [-0.2, -0.15) is 0 Å². The third kappa shape index (κ3) is 6.08. The Morgan fingerprint density at radius 2 is 1.28 bits per heavy atom. The van der Waals surface area contributed by atoms with Crippen molar-refractivity contribution >= 4 is 33.0 Å². The highest BCUT2D eigenvalue weighted by molar-refractivity contribution is 6.95. The predicted octanol–water partition coefficient (Wildman–Crippen LogP) is 4.21. The lowest BCUT2D eigenvalue weighted by atomic mass is 10.1. The first-order valence-corrected chi connectivity index (χ1v) is 15.6. The molecule has 1 aromatic rings. The molecule has 0 aromatic heterocycles. The van der Waals surface area contributed by atoms with Crippen LogP contribution in [0.15, 0.2) is 24.3 Å². The van der Waals surface area contributed by atoms with E-state index in [9.17, 15) is 4.79 Å².